The van der Waals surface area contributed by atoms with E-state index in [1.165, 1.54) is 10.9 Å². The standard InChI is InChI=1S/C12H19FN5O4PS/c1-12(2,3)22-23(13,24)21-5-4-20-7-18-6-15-8-9(18)16-11(14)17-10(8)19/h6H,4-5,7H2,1-3H3,(H3,14,16,17,19). The van der Waals surface area contributed by atoms with Gasteiger partial charge in [0.05, 0.1) is 25.1 Å². The van der Waals surface area contributed by atoms with Gasteiger partial charge in [-0.1, -0.05) is 0 Å². The monoisotopic (exact) mass is 379 g/mol. The van der Waals surface area contributed by atoms with E-state index < -0.39 is 18.0 Å². The number of hydrogen-bond acceptors (Lipinski definition) is 8. The second-order valence-electron chi connectivity index (χ2n) is 5.84. The van der Waals surface area contributed by atoms with Crippen molar-refractivity contribution in [3.05, 3.63) is 16.7 Å². The molecular formula is C12H19FN5O4PS. The molecule has 12 heteroatoms. The van der Waals surface area contributed by atoms with E-state index >= 15 is 0 Å². The second kappa shape index (κ2) is 7.24. The molecule has 0 amide bonds. The Bertz CT molecular complexity index is 818. The molecule has 0 aliphatic carbocycles. The number of hydrogen-bond donors (Lipinski definition) is 2. The van der Waals surface area contributed by atoms with E-state index in [0.717, 1.165) is 0 Å². The van der Waals surface area contributed by atoms with Crippen molar-refractivity contribution in [2.45, 2.75) is 33.1 Å². The highest BCUT2D eigenvalue weighted by atomic mass is 32.5. The molecule has 2 aromatic rings. The van der Waals surface area contributed by atoms with Crippen LogP contribution >= 0.6 is 6.80 Å². The molecule has 9 nitrogen and oxygen atoms in total. The van der Waals surface area contributed by atoms with Crippen molar-refractivity contribution in [1.82, 2.24) is 19.5 Å². The van der Waals surface area contributed by atoms with Gasteiger partial charge in [0.25, 0.3) is 5.56 Å². The molecule has 2 rings (SSSR count). The van der Waals surface area contributed by atoms with Crippen LogP contribution in [-0.4, -0.2) is 38.3 Å². The Morgan fingerprint density at radius 1 is 1.46 bits per heavy atom. The molecule has 0 aliphatic heterocycles. The largest absolute Gasteiger partial charge is 0.369 e. The number of rotatable bonds is 7. The summed E-state index contributed by atoms with van der Waals surface area (Å²) in [7, 11) is 0. The predicted octanol–water partition coefficient (Wildman–Crippen LogP) is 1.70. The summed E-state index contributed by atoms with van der Waals surface area (Å²) in [6.07, 6.45) is 1.40. The van der Waals surface area contributed by atoms with Gasteiger partial charge >= 0.3 is 6.80 Å². The van der Waals surface area contributed by atoms with Crippen molar-refractivity contribution in [2.24, 2.45) is 0 Å². The molecule has 134 valence electrons. The van der Waals surface area contributed by atoms with E-state index in [2.05, 4.69) is 26.8 Å². The van der Waals surface area contributed by atoms with Crippen molar-refractivity contribution in [3.63, 3.8) is 0 Å². The molecule has 0 saturated heterocycles. The summed E-state index contributed by atoms with van der Waals surface area (Å²) < 4.78 is 30.8. The fourth-order valence-electron chi connectivity index (χ4n) is 1.79. The topological polar surface area (TPSA) is 117 Å². The Hall–Kier alpha value is -1.39. The second-order valence-corrected chi connectivity index (χ2v) is 8.45. The molecule has 2 aromatic heterocycles. The Morgan fingerprint density at radius 2 is 2.17 bits per heavy atom. The van der Waals surface area contributed by atoms with Gasteiger partial charge in [-0.05, 0) is 32.6 Å². The first-order valence-electron chi connectivity index (χ1n) is 7.01. The Balaban J connectivity index is 1.85. The predicted molar refractivity (Wildman–Crippen MR) is 90.7 cm³/mol. The number of halogens is 1. The number of nitrogens with two attached hydrogens (primary N) is 1. The zero-order valence-electron chi connectivity index (χ0n) is 13.5. The summed E-state index contributed by atoms with van der Waals surface area (Å²) >= 11 is 4.68. The van der Waals surface area contributed by atoms with Crippen LogP contribution in [-0.2, 0) is 32.3 Å². The molecule has 0 spiro atoms. The van der Waals surface area contributed by atoms with Gasteiger partial charge in [0, 0.05) is 0 Å². The molecule has 0 aromatic carbocycles. The highest BCUT2D eigenvalue weighted by molar-refractivity contribution is 8.07. The summed E-state index contributed by atoms with van der Waals surface area (Å²) in [6.45, 7) is 1.33. The van der Waals surface area contributed by atoms with Crippen LogP contribution in [0.25, 0.3) is 11.2 Å². The molecule has 0 aliphatic rings. The molecule has 2 heterocycles. The molecule has 1 atom stereocenters. The zero-order valence-corrected chi connectivity index (χ0v) is 15.2. The minimum absolute atomic E-state index is 0.0185. The van der Waals surface area contributed by atoms with Gasteiger partial charge in [-0.25, -0.2) is 4.98 Å². The van der Waals surface area contributed by atoms with Gasteiger partial charge < -0.3 is 15.0 Å². The van der Waals surface area contributed by atoms with Crippen LogP contribution in [0.3, 0.4) is 0 Å². The van der Waals surface area contributed by atoms with Crippen LogP contribution in [0.1, 0.15) is 20.8 Å². The number of H-pyrrole nitrogens is 1. The number of fused-ring (bicyclic) bond motifs is 1. The normalized spacial score (nSPS) is 14.8. The maximum atomic E-state index is 13.9. The van der Waals surface area contributed by atoms with Crippen LogP contribution in [0.2, 0.25) is 0 Å². The lowest BCUT2D eigenvalue weighted by Gasteiger charge is -2.23. The average Bonchev–Trinajstić information content (AvgIpc) is 2.78. The molecule has 0 fully saturated rings. The smallest absolute Gasteiger partial charge is 0.366 e. The highest BCUT2D eigenvalue weighted by Gasteiger charge is 2.25. The quantitative estimate of drug-likeness (QED) is 0.551. The van der Waals surface area contributed by atoms with Crippen LogP contribution in [0.15, 0.2) is 11.1 Å². The lowest BCUT2D eigenvalue weighted by molar-refractivity contribution is 0.0428. The number of aromatic amines is 1. The minimum Gasteiger partial charge on any atom is -0.369 e. The average molecular weight is 379 g/mol. The van der Waals surface area contributed by atoms with Gasteiger partial charge in [-0.3, -0.25) is 18.9 Å². The van der Waals surface area contributed by atoms with E-state index in [9.17, 15) is 8.99 Å². The van der Waals surface area contributed by atoms with Crippen molar-refractivity contribution in [2.75, 3.05) is 18.9 Å². The summed E-state index contributed by atoms with van der Waals surface area (Å²) in [5.41, 5.74) is 4.79. The SMILES string of the molecule is CC(C)(C)OP(F)(=S)OCCOCn1cnc2c(=O)[nH]c(N)nc21. The minimum atomic E-state index is -3.81. The van der Waals surface area contributed by atoms with Crippen molar-refractivity contribution in [3.8, 4) is 0 Å². The van der Waals surface area contributed by atoms with Gasteiger partial charge in [-0.2, -0.15) is 9.18 Å². The fourth-order valence-corrected chi connectivity index (χ4v) is 3.68. The first-order valence-corrected chi connectivity index (χ1v) is 9.54. The molecule has 3 N–H and O–H groups in total. The number of anilines is 1. The van der Waals surface area contributed by atoms with Crippen molar-refractivity contribution >= 4 is 35.7 Å². The molecule has 0 bridgehead atoms. The van der Waals surface area contributed by atoms with Crippen LogP contribution < -0.4 is 11.3 Å². The maximum absolute atomic E-state index is 13.9. The third-order valence-electron chi connectivity index (χ3n) is 2.58. The third kappa shape index (κ3) is 5.32. The number of aromatic nitrogens is 4. The molecular weight excluding hydrogens is 360 g/mol. The van der Waals surface area contributed by atoms with E-state index in [-0.39, 0.29) is 31.4 Å². The lowest BCUT2D eigenvalue weighted by Crippen LogP contribution is -2.17. The highest BCUT2D eigenvalue weighted by Crippen LogP contribution is 2.53. The first-order chi connectivity index (χ1) is 11.1. The van der Waals surface area contributed by atoms with Crippen LogP contribution in [0, 0.1) is 0 Å². The Morgan fingerprint density at radius 3 is 2.83 bits per heavy atom. The van der Waals surface area contributed by atoms with Gasteiger partial charge in [-0.15, -0.1) is 0 Å². The van der Waals surface area contributed by atoms with Gasteiger partial charge in [0.1, 0.15) is 6.73 Å². The fraction of sp³-hybridized carbons (Fsp3) is 0.583. The molecule has 24 heavy (non-hydrogen) atoms. The summed E-state index contributed by atoms with van der Waals surface area (Å²) in [4.78, 5) is 21.9. The Kier molecular flexibility index (Phi) is 5.71. The lowest BCUT2D eigenvalue weighted by atomic mass is 10.2. The summed E-state index contributed by atoms with van der Waals surface area (Å²) in [6, 6.07) is 0. The number of nitrogens with zero attached hydrogens (tertiary/aromatic N) is 3. The molecule has 0 radical (unpaired) electrons. The van der Waals surface area contributed by atoms with E-state index in [0.29, 0.717) is 5.65 Å². The number of nitrogens with one attached hydrogen (secondary N) is 1. The zero-order chi connectivity index (χ0) is 18.0. The summed E-state index contributed by atoms with van der Waals surface area (Å²) in [5.74, 6) is -0.0185. The van der Waals surface area contributed by atoms with Crippen LogP contribution in [0.5, 0.6) is 0 Å². The van der Waals surface area contributed by atoms with Gasteiger partial charge in [0.2, 0.25) is 5.95 Å². The number of imidazole rings is 1. The van der Waals surface area contributed by atoms with E-state index in [4.69, 9.17) is 19.5 Å². The van der Waals surface area contributed by atoms with Gasteiger partial charge in [0.15, 0.2) is 11.2 Å². The number of nitrogen functional groups attached to an aromatic ring is 1. The van der Waals surface area contributed by atoms with Crippen LogP contribution in [0.4, 0.5) is 10.1 Å². The first kappa shape index (κ1) is 18.9. The van der Waals surface area contributed by atoms with Crippen molar-refractivity contribution in [1.29, 1.82) is 0 Å². The maximum Gasteiger partial charge on any atom is 0.366 e. The number of ether oxygens (including phenoxy) is 1. The Labute approximate surface area is 142 Å². The third-order valence-corrected chi connectivity index (χ3v) is 4.38. The van der Waals surface area contributed by atoms with E-state index in [1.54, 1.807) is 20.8 Å². The summed E-state index contributed by atoms with van der Waals surface area (Å²) in [5, 5.41) is 0. The molecule has 1 unspecified atom stereocenters. The van der Waals surface area contributed by atoms with E-state index in [1.807, 2.05) is 0 Å². The molecule has 0 saturated carbocycles. The van der Waals surface area contributed by atoms with Crippen molar-refractivity contribution < 1.29 is 18.0 Å².